The molecule has 2 nitrogen and oxygen atoms in total. The minimum absolute atomic E-state index is 0.0603. The molecule has 0 aromatic heterocycles. The van der Waals surface area contributed by atoms with Gasteiger partial charge in [-0.05, 0) is 24.6 Å². The summed E-state index contributed by atoms with van der Waals surface area (Å²) < 4.78 is 18.8. The SMILES string of the molecule is CCC(N)c1ccccc1OCc1ccc(F)cc1Cl. The highest BCUT2D eigenvalue weighted by Crippen LogP contribution is 2.27. The Balaban J connectivity index is 2.15. The van der Waals surface area contributed by atoms with Crippen molar-refractivity contribution in [2.45, 2.75) is 26.0 Å². The van der Waals surface area contributed by atoms with Gasteiger partial charge in [0.2, 0.25) is 0 Å². The molecule has 0 saturated heterocycles. The molecule has 2 rings (SSSR count). The van der Waals surface area contributed by atoms with E-state index in [1.165, 1.54) is 12.1 Å². The Morgan fingerprint density at radius 2 is 2.00 bits per heavy atom. The molecular formula is C16H17ClFNO. The van der Waals surface area contributed by atoms with Crippen LogP contribution < -0.4 is 10.5 Å². The standard InChI is InChI=1S/C16H17ClFNO/c1-2-15(19)13-5-3-4-6-16(13)20-10-11-7-8-12(18)9-14(11)17/h3-9,15H,2,10,19H2,1H3. The van der Waals surface area contributed by atoms with E-state index in [-0.39, 0.29) is 18.5 Å². The van der Waals surface area contributed by atoms with Gasteiger partial charge in [0, 0.05) is 17.2 Å². The molecule has 2 aromatic carbocycles. The zero-order chi connectivity index (χ0) is 14.5. The van der Waals surface area contributed by atoms with Crippen LogP contribution in [0.25, 0.3) is 0 Å². The van der Waals surface area contributed by atoms with E-state index in [1.807, 2.05) is 31.2 Å². The molecule has 2 aromatic rings. The number of benzene rings is 2. The molecule has 0 aliphatic carbocycles. The van der Waals surface area contributed by atoms with Crippen molar-refractivity contribution in [1.29, 1.82) is 0 Å². The molecule has 0 fully saturated rings. The highest BCUT2D eigenvalue weighted by atomic mass is 35.5. The third kappa shape index (κ3) is 3.50. The topological polar surface area (TPSA) is 35.2 Å². The van der Waals surface area contributed by atoms with Crippen molar-refractivity contribution in [3.8, 4) is 5.75 Å². The van der Waals surface area contributed by atoms with Gasteiger partial charge in [-0.1, -0.05) is 42.8 Å². The van der Waals surface area contributed by atoms with Crippen molar-refractivity contribution in [1.82, 2.24) is 0 Å². The summed E-state index contributed by atoms with van der Waals surface area (Å²) in [7, 11) is 0. The van der Waals surface area contributed by atoms with Crippen LogP contribution in [0.15, 0.2) is 42.5 Å². The number of ether oxygens (including phenoxy) is 1. The predicted molar refractivity (Wildman–Crippen MR) is 79.4 cm³/mol. The van der Waals surface area contributed by atoms with Crippen LogP contribution in [-0.4, -0.2) is 0 Å². The molecule has 0 bridgehead atoms. The lowest BCUT2D eigenvalue weighted by Gasteiger charge is -2.16. The fraction of sp³-hybridized carbons (Fsp3) is 0.250. The molecule has 0 amide bonds. The summed E-state index contributed by atoms with van der Waals surface area (Å²) in [5.74, 6) is 0.384. The zero-order valence-corrected chi connectivity index (χ0v) is 12.0. The van der Waals surface area contributed by atoms with E-state index in [0.717, 1.165) is 23.3 Å². The predicted octanol–water partition coefficient (Wildman–Crippen LogP) is 4.47. The van der Waals surface area contributed by atoms with E-state index >= 15 is 0 Å². The number of nitrogens with two attached hydrogens (primary N) is 1. The summed E-state index contributed by atoms with van der Waals surface area (Å²) in [6.45, 7) is 2.31. The van der Waals surface area contributed by atoms with Gasteiger partial charge in [0.25, 0.3) is 0 Å². The second-order valence-corrected chi connectivity index (χ2v) is 4.98. The van der Waals surface area contributed by atoms with E-state index in [0.29, 0.717) is 5.02 Å². The van der Waals surface area contributed by atoms with Gasteiger partial charge in [-0.3, -0.25) is 0 Å². The van der Waals surface area contributed by atoms with Crippen molar-refractivity contribution in [3.05, 3.63) is 64.4 Å². The zero-order valence-electron chi connectivity index (χ0n) is 11.3. The highest BCUT2D eigenvalue weighted by molar-refractivity contribution is 6.31. The second-order valence-electron chi connectivity index (χ2n) is 4.58. The molecule has 0 spiro atoms. The van der Waals surface area contributed by atoms with Crippen molar-refractivity contribution in [2.24, 2.45) is 5.73 Å². The van der Waals surface area contributed by atoms with Crippen molar-refractivity contribution >= 4 is 11.6 Å². The van der Waals surface area contributed by atoms with E-state index in [9.17, 15) is 4.39 Å². The summed E-state index contributed by atoms with van der Waals surface area (Å²) in [5.41, 5.74) is 7.77. The Hall–Kier alpha value is -1.58. The highest BCUT2D eigenvalue weighted by Gasteiger charge is 2.10. The number of hydrogen-bond acceptors (Lipinski definition) is 2. The summed E-state index contributed by atoms with van der Waals surface area (Å²) in [4.78, 5) is 0. The minimum Gasteiger partial charge on any atom is -0.489 e. The van der Waals surface area contributed by atoms with Gasteiger partial charge >= 0.3 is 0 Å². The lowest BCUT2D eigenvalue weighted by molar-refractivity contribution is 0.300. The van der Waals surface area contributed by atoms with Gasteiger partial charge in [0.1, 0.15) is 18.2 Å². The average molecular weight is 294 g/mol. The molecule has 1 unspecified atom stereocenters. The molecule has 1 atom stereocenters. The largest absolute Gasteiger partial charge is 0.489 e. The van der Waals surface area contributed by atoms with Gasteiger partial charge in [0.05, 0.1) is 5.02 Å². The molecule has 106 valence electrons. The maximum absolute atomic E-state index is 13.0. The van der Waals surface area contributed by atoms with Crippen molar-refractivity contribution in [3.63, 3.8) is 0 Å². The lowest BCUT2D eigenvalue weighted by Crippen LogP contribution is -2.10. The smallest absolute Gasteiger partial charge is 0.124 e. The van der Waals surface area contributed by atoms with Crippen LogP contribution in [0, 0.1) is 5.82 Å². The lowest BCUT2D eigenvalue weighted by atomic mass is 10.0. The first kappa shape index (κ1) is 14.8. The van der Waals surface area contributed by atoms with Crippen LogP contribution in [0.2, 0.25) is 5.02 Å². The number of para-hydroxylation sites is 1. The molecule has 0 saturated carbocycles. The van der Waals surface area contributed by atoms with Crippen LogP contribution in [-0.2, 0) is 6.61 Å². The second kappa shape index (κ2) is 6.73. The van der Waals surface area contributed by atoms with Crippen LogP contribution in [0.3, 0.4) is 0 Å². The van der Waals surface area contributed by atoms with Crippen molar-refractivity contribution in [2.75, 3.05) is 0 Å². The maximum atomic E-state index is 13.0. The molecule has 20 heavy (non-hydrogen) atoms. The molecule has 4 heteroatoms. The Morgan fingerprint density at radius 1 is 1.25 bits per heavy atom. The van der Waals surface area contributed by atoms with E-state index in [4.69, 9.17) is 22.1 Å². The van der Waals surface area contributed by atoms with Crippen LogP contribution in [0.1, 0.15) is 30.5 Å². The maximum Gasteiger partial charge on any atom is 0.124 e. The Bertz CT molecular complexity index is 588. The molecule has 2 N–H and O–H groups in total. The van der Waals surface area contributed by atoms with Crippen molar-refractivity contribution < 1.29 is 9.13 Å². The van der Waals surface area contributed by atoms with E-state index in [2.05, 4.69) is 0 Å². The first-order chi connectivity index (χ1) is 9.61. The van der Waals surface area contributed by atoms with E-state index in [1.54, 1.807) is 6.07 Å². The molecular weight excluding hydrogens is 277 g/mol. The van der Waals surface area contributed by atoms with E-state index < -0.39 is 0 Å². The minimum atomic E-state index is -0.354. The van der Waals surface area contributed by atoms with Gasteiger partial charge in [-0.25, -0.2) is 4.39 Å². The molecule has 0 aliphatic rings. The van der Waals surface area contributed by atoms with Gasteiger partial charge in [-0.15, -0.1) is 0 Å². The van der Waals surface area contributed by atoms with Gasteiger partial charge in [-0.2, -0.15) is 0 Å². The molecule has 0 heterocycles. The number of halogens is 2. The fourth-order valence-corrected chi connectivity index (χ4v) is 2.15. The average Bonchev–Trinajstić information content (AvgIpc) is 2.46. The molecule has 0 radical (unpaired) electrons. The first-order valence-corrected chi connectivity index (χ1v) is 6.91. The Labute approximate surface area is 123 Å². The summed E-state index contributed by atoms with van der Waals surface area (Å²) >= 11 is 5.98. The third-order valence-electron chi connectivity index (χ3n) is 3.16. The number of rotatable bonds is 5. The quantitative estimate of drug-likeness (QED) is 0.883. The summed E-state index contributed by atoms with van der Waals surface area (Å²) in [5, 5.41) is 0.363. The normalized spacial score (nSPS) is 12.2. The van der Waals surface area contributed by atoms with Gasteiger partial charge in [0.15, 0.2) is 0 Å². The summed E-state index contributed by atoms with van der Waals surface area (Å²) in [6.07, 6.45) is 0.831. The first-order valence-electron chi connectivity index (χ1n) is 6.53. The monoisotopic (exact) mass is 293 g/mol. The Morgan fingerprint density at radius 3 is 2.70 bits per heavy atom. The van der Waals surface area contributed by atoms with Gasteiger partial charge < -0.3 is 10.5 Å². The number of hydrogen-bond donors (Lipinski definition) is 1. The Kier molecular flexibility index (Phi) is 4.99. The fourth-order valence-electron chi connectivity index (χ4n) is 1.93. The van der Waals surface area contributed by atoms with Crippen LogP contribution >= 0.6 is 11.6 Å². The summed E-state index contributed by atoms with van der Waals surface area (Å²) in [6, 6.07) is 11.9. The third-order valence-corrected chi connectivity index (χ3v) is 3.51. The van der Waals surface area contributed by atoms with Crippen LogP contribution in [0.5, 0.6) is 5.75 Å². The molecule has 0 aliphatic heterocycles. The van der Waals surface area contributed by atoms with Crippen LogP contribution in [0.4, 0.5) is 4.39 Å².